The van der Waals surface area contributed by atoms with Crippen LogP contribution >= 0.6 is 0 Å². The van der Waals surface area contributed by atoms with Crippen LogP contribution in [0.15, 0.2) is 29.2 Å². The number of aliphatic hydroxyl groups excluding tert-OH is 1. The fourth-order valence-electron chi connectivity index (χ4n) is 2.45. The van der Waals surface area contributed by atoms with Gasteiger partial charge in [-0.1, -0.05) is 6.07 Å². The van der Waals surface area contributed by atoms with Gasteiger partial charge in [-0.3, -0.25) is 0 Å². The highest BCUT2D eigenvalue weighted by atomic mass is 32.2. The van der Waals surface area contributed by atoms with Crippen molar-refractivity contribution < 1.29 is 13.5 Å². The Morgan fingerprint density at radius 3 is 2.90 bits per heavy atom. The molecule has 114 valence electrons. The van der Waals surface area contributed by atoms with Crippen LogP contribution in [-0.2, 0) is 10.0 Å². The number of hydrogen-bond donors (Lipinski definition) is 2. The zero-order valence-corrected chi connectivity index (χ0v) is 12.5. The fourth-order valence-corrected chi connectivity index (χ4v) is 3.98. The maximum absolute atomic E-state index is 12.7. The summed E-state index contributed by atoms with van der Waals surface area (Å²) in [5.41, 5.74) is 0.305. The summed E-state index contributed by atoms with van der Waals surface area (Å²) in [6.45, 7) is 1.04. The molecule has 2 rings (SSSR count). The molecule has 1 unspecified atom stereocenters. The van der Waals surface area contributed by atoms with Crippen LogP contribution in [0.2, 0.25) is 0 Å². The van der Waals surface area contributed by atoms with Crippen LogP contribution in [0.5, 0.6) is 0 Å². The van der Waals surface area contributed by atoms with Crippen molar-refractivity contribution in [1.29, 1.82) is 5.26 Å². The third-order valence-corrected chi connectivity index (χ3v) is 5.40. The van der Waals surface area contributed by atoms with E-state index in [0.29, 0.717) is 12.1 Å². The molecule has 6 nitrogen and oxygen atoms in total. The minimum Gasteiger partial charge on any atom is -0.395 e. The Kier molecular flexibility index (Phi) is 5.31. The predicted octanol–water partition coefficient (Wildman–Crippen LogP) is 0.293. The van der Waals surface area contributed by atoms with Gasteiger partial charge in [0.05, 0.1) is 23.1 Å². The number of benzene rings is 1. The summed E-state index contributed by atoms with van der Waals surface area (Å²) in [6.07, 6.45) is 1.96. The van der Waals surface area contributed by atoms with Gasteiger partial charge in [-0.25, -0.2) is 8.42 Å². The van der Waals surface area contributed by atoms with Gasteiger partial charge in [0.25, 0.3) is 0 Å². The quantitative estimate of drug-likeness (QED) is 0.788. The number of hydrogen-bond acceptors (Lipinski definition) is 5. The zero-order chi connectivity index (χ0) is 15.3. The Balaban J connectivity index is 2.25. The van der Waals surface area contributed by atoms with Crippen molar-refractivity contribution in [3.8, 4) is 6.07 Å². The highest BCUT2D eigenvalue weighted by Gasteiger charge is 2.28. The van der Waals surface area contributed by atoms with Gasteiger partial charge in [0.15, 0.2) is 0 Å². The zero-order valence-electron chi connectivity index (χ0n) is 11.7. The summed E-state index contributed by atoms with van der Waals surface area (Å²) in [5, 5.41) is 21.3. The molecular formula is C14H19N3O3S. The standard InChI is InChI=1S/C14H19N3O3S/c15-10-12-3-1-5-14(9-12)21(19,20)17(7-8-18)11-13-4-2-6-16-13/h1,3,5,9,13,16,18H,2,4,6-8,11H2. The Hall–Kier alpha value is -1.46. The lowest BCUT2D eigenvalue weighted by Gasteiger charge is -2.24. The van der Waals surface area contributed by atoms with Crippen LogP contribution in [0.1, 0.15) is 18.4 Å². The summed E-state index contributed by atoms with van der Waals surface area (Å²) >= 11 is 0. The van der Waals surface area contributed by atoms with Gasteiger partial charge in [-0.2, -0.15) is 9.57 Å². The predicted molar refractivity (Wildman–Crippen MR) is 78.0 cm³/mol. The van der Waals surface area contributed by atoms with E-state index in [1.807, 2.05) is 6.07 Å². The number of sulfonamides is 1. The second-order valence-electron chi connectivity index (χ2n) is 5.02. The van der Waals surface area contributed by atoms with Crippen molar-refractivity contribution in [1.82, 2.24) is 9.62 Å². The van der Waals surface area contributed by atoms with E-state index in [-0.39, 0.29) is 24.1 Å². The molecule has 7 heteroatoms. The Labute approximate surface area is 125 Å². The van der Waals surface area contributed by atoms with Crippen molar-refractivity contribution >= 4 is 10.0 Å². The molecule has 21 heavy (non-hydrogen) atoms. The molecule has 1 aliphatic rings. The van der Waals surface area contributed by atoms with Gasteiger partial charge >= 0.3 is 0 Å². The molecule has 1 fully saturated rings. The lowest BCUT2D eigenvalue weighted by Crippen LogP contribution is -2.42. The van der Waals surface area contributed by atoms with Gasteiger partial charge < -0.3 is 10.4 Å². The van der Waals surface area contributed by atoms with Crippen LogP contribution in [0, 0.1) is 11.3 Å². The first-order valence-corrected chi connectivity index (χ1v) is 8.36. The van der Waals surface area contributed by atoms with Gasteiger partial charge in [0.1, 0.15) is 0 Å². The number of rotatable bonds is 6. The van der Waals surface area contributed by atoms with Crippen molar-refractivity contribution in [3.05, 3.63) is 29.8 Å². The molecule has 0 saturated carbocycles. The van der Waals surface area contributed by atoms with Crippen LogP contribution in [0.3, 0.4) is 0 Å². The summed E-state index contributed by atoms with van der Waals surface area (Å²) in [7, 11) is -3.70. The monoisotopic (exact) mass is 309 g/mol. The molecule has 1 saturated heterocycles. The number of nitrogens with zero attached hydrogens (tertiary/aromatic N) is 2. The second kappa shape index (κ2) is 7.00. The minimum atomic E-state index is -3.70. The smallest absolute Gasteiger partial charge is 0.243 e. The Morgan fingerprint density at radius 1 is 1.48 bits per heavy atom. The van der Waals surface area contributed by atoms with Crippen LogP contribution in [0.25, 0.3) is 0 Å². The molecule has 2 N–H and O–H groups in total. The first kappa shape index (κ1) is 15.9. The van der Waals surface area contributed by atoms with E-state index in [9.17, 15) is 8.42 Å². The molecule has 1 aliphatic heterocycles. The van der Waals surface area contributed by atoms with Crippen molar-refractivity contribution in [3.63, 3.8) is 0 Å². The van der Waals surface area contributed by atoms with E-state index in [4.69, 9.17) is 10.4 Å². The Morgan fingerprint density at radius 2 is 2.29 bits per heavy atom. The molecule has 0 amide bonds. The lowest BCUT2D eigenvalue weighted by molar-refractivity contribution is 0.246. The highest BCUT2D eigenvalue weighted by Crippen LogP contribution is 2.18. The first-order chi connectivity index (χ1) is 10.1. The molecule has 0 aliphatic carbocycles. The van der Waals surface area contributed by atoms with E-state index < -0.39 is 10.0 Å². The largest absolute Gasteiger partial charge is 0.395 e. The fraction of sp³-hybridized carbons (Fsp3) is 0.500. The van der Waals surface area contributed by atoms with E-state index in [2.05, 4.69) is 5.32 Å². The second-order valence-corrected chi connectivity index (χ2v) is 6.96. The molecular weight excluding hydrogens is 290 g/mol. The van der Waals surface area contributed by atoms with Gasteiger partial charge in [0.2, 0.25) is 10.0 Å². The summed E-state index contributed by atoms with van der Waals surface area (Å²) < 4.78 is 26.6. The van der Waals surface area contributed by atoms with Gasteiger partial charge in [-0.15, -0.1) is 0 Å². The highest BCUT2D eigenvalue weighted by molar-refractivity contribution is 7.89. The average Bonchev–Trinajstić information content (AvgIpc) is 3.00. The number of nitrogens with one attached hydrogen (secondary N) is 1. The van der Waals surface area contributed by atoms with Crippen LogP contribution < -0.4 is 5.32 Å². The molecule has 1 heterocycles. The number of aliphatic hydroxyl groups is 1. The van der Waals surface area contributed by atoms with E-state index in [0.717, 1.165) is 19.4 Å². The molecule has 0 aromatic heterocycles. The molecule has 0 spiro atoms. The minimum absolute atomic E-state index is 0.0529. The number of nitriles is 1. The first-order valence-electron chi connectivity index (χ1n) is 6.92. The van der Waals surface area contributed by atoms with E-state index in [1.54, 1.807) is 12.1 Å². The Bertz CT molecular complexity index is 619. The summed E-state index contributed by atoms with van der Waals surface area (Å²) in [4.78, 5) is 0.0907. The topological polar surface area (TPSA) is 93.4 Å². The molecule has 0 radical (unpaired) electrons. The van der Waals surface area contributed by atoms with Crippen molar-refractivity contribution in [2.75, 3.05) is 26.2 Å². The third-order valence-electron chi connectivity index (χ3n) is 3.54. The third kappa shape index (κ3) is 3.80. The summed E-state index contributed by atoms with van der Waals surface area (Å²) in [5.74, 6) is 0. The molecule has 1 atom stereocenters. The van der Waals surface area contributed by atoms with E-state index >= 15 is 0 Å². The molecule has 1 aromatic rings. The van der Waals surface area contributed by atoms with Gasteiger partial charge in [-0.05, 0) is 37.6 Å². The molecule has 0 bridgehead atoms. The lowest BCUT2D eigenvalue weighted by atomic mass is 10.2. The van der Waals surface area contributed by atoms with E-state index in [1.165, 1.54) is 16.4 Å². The average molecular weight is 309 g/mol. The van der Waals surface area contributed by atoms with Crippen LogP contribution in [-0.4, -0.2) is 50.1 Å². The normalized spacial score (nSPS) is 18.8. The van der Waals surface area contributed by atoms with Gasteiger partial charge in [0, 0.05) is 19.1 Å². The maximum Gasteiger partial charge on any atom is 0.243 e. The van der Waals surface area contributed by atoms with Crippen molar-refractivity contribution in [2.45, 2.75) is 23.8 Å². The molecule has 1 aromatic carbocycles. The van der Waals surface area contributed by atoms with Crippen molar-refractivity contribution in [2.24, 2.45) is 0 Å². The van der Waals surface area contributed by atoms with Crippen LogP contribution in [0.4, 0.5) is 0 Å². The SMILES string of the molecule is N#Cc1cccc(S(=O)(=O)N(CCO)CC2CCCN2)c1. The summed E-state index contributed by atoms with van der Waals surface area (Å²) in [6, 6.07) is 8.01. The maximum atomic E-state index is 12.7.